The second kappa shape index (κ2) is 4.39. The number of aromatic amines is 1. The molecule has 4 nitrogen and oxygen atoms in total. The molecule has 0 saturated heterocycles. The Bertz CT molecular complexity index is 444. The number of aromatic nitrogens is 1. The SMILES string of the molecule is COc1[nH]cc(C(=O)Cl)c(=O)c1C(F)F. The van der Waals surface area contributed by atoms with Gasteiger partial charge in [-0.05, 0) is 11.6 Å². The van der Waals surface area contributed by atoms with Crippen LogP contribution in [-0.2, 0) is 0 Å². The average molecular weight is 238 g/mol. The molecule has 0 spiro atoms. The van der Waals surface area contributed by atoms with Crippen LogP contribution in [0.4, 0.5) is 8.78 Å². The van der Waals surface area contributed by atoms with E-state index in [1.165, 1.54) is 0 Å². The molecule has 1 rings (SSSR count). The van der Waals surface area contributed by atoms with Crippen molar-refractivity contribution < 1.29 is 18.3 Å². The quantitative estimate of drug-likeness (QED) is 0.814. The third kappa shape index (κ3) is 2.15. The maximum atomic E-state index is 12.5. The van der Waals surface area contributed by atoms with E-state index in [0.717, 1.165) is 13.3 Å². The summed E-state index contributed by atoms with van der Waals surface area (Å²) >= 11 is 5.04. The predicted molar refractivity (Wildman–Crippen MR) is 48.8 cm³/mol. The molecule has 1 aromatic rings. The van der Waals surface area contributed by atoms with Crippen LogP contribution < -0.4 is 10.2 Å². The Morgan fingerprint density at radius 1 is 1.60 bits per heavy atom. The van der Waals surface area contributed by atoms with E-state index in [2.05, 4.69) is 9.72 Å². The number of methoxy groups -OCH3 is 1. The summed E-state index contributed by atoms with van der Waals surface area (Å²) in [6.45, 7) is 0. The molecule has 7 heteroatoms. The molecule has 0 fully saturated rings. The van der Waals surface area contributed by atoms with Crippen LogP contribution in [0.25, 0.3) is 0 Å². The first-order valence-corrected chi connectivity index (χ1v) is 4.14. The summed E-state index contributed by atoms with van der Waals surface area (Å²) in [5, 5.41) is -1.10. The molecule has 82 valence electrons. The van der Waals surface area contributed by atoms with Crippen LogP contribution in [0.15, 0.2) is 11.0 Å². The number of H-pyrrole nitrogens is 1. The van der Waals surface area contributed by atoms with E-state index < -0.39 is 28.2 Å². The summed E-state index contributed by atoms with van der Waals surface area (Å²) in [7, 11) is 1.12. The highest BCUT2D eigenvalue weighted by Gasteiger charge is 2.22. The summed E-state index contributed by atoms with van der Waals surface area (Å²) in [4.78, 5) is 24.3. The molecule has 0 aliphatic heterocycles. The van der Waals surface area contributed by atoms with Gasteiger partial charge in [-0.1, -0.05) is 0 Å². The van der Waals surface area contributed by atoms with Gasteiger partial charge in [0.05, 0.1) is 12.7 Å². The van der Waals surface area contributed by atoms with E-state index in [1.807, 2.05) is 0 Å². The monoisotopic (exact) mass is 237 g/mol. The molecule has 0 radical (unpaired) electrons. The van der Waals surface area contributed by atoms with Gasteiger partial charge in [0.25, 0.3) is 11.7 Å². The van der Waals surface area contributed by atoms with E-state index in [1.54, 1.807) is 0 Å². The highest BCUT2D eigenvalue weighted by atomic mass is 35.5. The molecule has 1 heterocycles. The molecule has 0 aliphatic carbocycles. The molecule has 0 unspecified atom stereocenters. The Kier molecular flexibility index (Phi) is 3.41. The Labute approximate surface area is 87.8 Å². The number of nitrogens with one attached hydrogen (secondary N) is 1. The van der Waals surface area contributed by atoms with Gasteiger partial charge in [-0.3, -0.25) is 9.59 Å². The molecule has 0 aliphatic rings. The minimum absolute atomic E-state index is 0.378. The lowest BCUT2D eigenvalue weighted by Gasteiger charge is -2.07. The van der Waals surface area contributed by atoms with Crippen molar-refractivity contribution in [3.63, 3.8) is 0 Å². The zero-order chi connectivity index (χ0) is 11.6. The van der Waals surface area contributed by atoms with Gasteiger partial charge in [-0.2, -0.15) is 0 Å². The van der Waals surface area contributed by atoms with Crippen LogP contribution in [0, 0.1) is 0 Å². The van der Waals surface area contributed by atoms with Gasteiger partial charge in [-0.15, -0.1) is 0 Å². The smallest absolute Gasteiger partial charge is 0.272 e. The third-order valence-corrected chi connectivity index (χ3v) is 1.92. The van der Waals surface area contributed by atoms with Crippen molar-refractivity contribution in [3.05, 3.63) is 27.5 Å². The number of hydrogen-bond acceptors (Lipinski definition) is 3. The van der Waals surface area contributed by atoms with Crippen LogP contribution in [0.1, 0.15) is 22.3 Å². The van der Waals surface area contributed by atoms with Crippen molar-refractivity contribution in [1.82, 2.24) is 4.98 Å². The fourth-order valence-electron chi connectivity index (χ4n) is 1.04. The Morgan fingerprint density at radius 3 is 2.60 bits per heavy atom. The number of carbonyl (C=O) groups is 1. The maximum absolute atomic E-state index is 12.5. The highest BCUT2D eigenvalue weighted by Crippen LogP contribution is 2.23. The van der Waals surface area contributed by atoms with Crippen molar-refractivity contribution in [1.29, 1.82) is 0 Å². The molecule has 0 bridgehead atoms. The van der Waals surface area contributed by atoms with Gasteiger partial charge in [0.1, 0.15) is 5.56 Å². The van der Waals surface area contributed by atoms with Gasteiger partial charge < -0.3 is 9.72 Å². The second-order valence-electron chi connectivity index (χ2n) is 2.55. The molecule has 0 atom stereocenters. The van der Waals surface area contributed by atoms with Crippen molar-refractivity contribution in [3.8, 4) is 5.88 Å². The lowest BCUT2D eigenvalue weighted by atomic mass is 10.2. The number of hydrogen-bond donors (Lipinski definition) is 1. The number of pyridine rings is 1. The first-order chi connectivity index (χ1) is 6.99. The Morgan fingerprint density at radius 2 is 2.20 bits per heavy atom. The summed E-state index contributed by atoms with van der Waals surface area (Å²) in [6.07, 6.45) is -2.11. The van der Waals surface area contributed by atoms with Crippen LogP contribution >= 0.6 is 11.6 Å². The highest BCUT2D eigenvalue weighted by molar-refractivity contribution is 6.67. The molecular weight excluding hydrogens is 232 g/mol. The molecule has 1 aromatic heterocycles. The third-order valence-electron chi connectivity index (χ3n) is 1.72. The number of halogens is 3. The van der Waals surface area contributed by atoms with Crippen LogP contribution in [-0.4, -0.2) is 17.3 Å². The molecule has 1 N–H and O–H groups in total. The van der Waals surface area contributed by atoms with Gasteiger partial charge in [0, 0.05) is 6.20 Å². The van der Waals surface area contributed by atoms with Crippen LogP contribution in [0.2, 0.25) is 0 Å². The normalized spacial score (nSPS) is 10.5. The standard InChI is InChI=1S/C8H6ClF2NO3/c1-15-8-4(7(10)11)5(13)3(2-12-8)6(9)14/h2,7H,1H3,(H,12,13). The average Bonchev–Trinajstić information content (AvgIpc) is 2.15. The Hall–Kier alpha value is -1.43. The van der Waals surface area contributed by atoms with E-state index in [-0.39, 0.29) is 5.88 Å². The number of alkyl halides is 2. The zero-order valence-electron chi connectivity index (χ0n) is 7.51. The van der Waals surface area contributed by atoms with Gasteiger partial charge in [0.15, 0.2) is 0 Å². The number of carbonyl (C=O) groups excluding carboxylic acids is 1. The van der Waals surface area contributed by atoms with E-state index >= 15 is 0 Å². The summed E-state index contributed by atoms with van der Waals surface area (Å²) < 4.78 is 29.5. The molecule has 15 heavy (non-hydrogen) atoms. The fourth-order valence-corrected chi connectivity index (χ4v) is 1.18. The first kappa shape index (κ1) is 11.6. The lowest BCUT2D eigenvalue weighted by Crippen LogP contribution is -2.19. The second-order valence-corrected chi connectivity index (χ2v) is 2.90. The summed E-state index contributed by atoms with van der Waals surface area (Å²) in [5.41, 5.74) is -2.56. The van der Waals surface area contributed by atoms with Crippen LogP contribution in [0.5, 0.6) is 5.88 Å². The fraction of sp³-hybridized carbons (Fsp3) is 0.250. The first-order valence-electron chi connectivity index (χ1n) is 3.76. The lowest BCUT2D eigenvalue weighted by molar-refractivity contribution is 0.107. The molecular formula is C8H6ClF2NO3. The zero-order valence-corrected chi connectivity index (χ0v) is 8.27. The molecule has 0 saturated carbocycles. The van der Waals surface area contributed by atoms with E-state index in [0.29, 0.717) is 0 Å². The topological polar surface area (TPSA) is 59.2 Å². The largest absolute Gasteiger partial charge is 0.482 e. The Balaban J connectivity index is 3.50. The minimum atomic E-state index is -3.04. The van der Waals surface area contributed by atoms with Crippen molar-refractivity contribution in [2.75, 3.05) is 7.11 Å². The van der Waals surface area contributed by atoms with Crippen molar-refractivity contribution in [2.45, 2.75) is 6.43 Å². The van der Waals surface area contributed by atoms with Gasteiger partial charge in [0.2, 0.25) is 11.3 Å². The van der Waals surface area contributed by atoms with Gasteiger partial charge >= 0.3 is 0 Å². The minimum Gasteiger partial charge on any atom is -0.482 e. The molecule has 0 aromatic carbocycles. The number of ether oxygens (including phenoxy) is 1. The molecule has 0 amide bonds. The number of rotatable bonds is 3. The summed E-state index contributed by atoms with van der Waals surface area (Å²) in [6, 6.07) is 0. The predicted octanol–water partition coefficient (Wildman–Crippen LogP) is 1.70. The van der Waals surface area contributed by atoms with Gasteiger partial charge in [-0.25, -0.2) is 8.78 Å². The van der Waals surface area contributed by atoms with E-state index in [9.17, 15) is 18.4 Å². The van der Waals surface area contributed by atoms with Crippen molar-refractivity contribution in [2.24, 2.45) is 0 Å². The van der Waals surface area contributed by atoms with Crippen LogP contribution in [0.3, 0.4) is 0 Å². The van der Waals surface area contributed by atoms with Crippen molar-refractivity contribution >= 4 is 16.8 Å². The van der Waals surface area contributed by atoms with E-state index in [4.69, 9.17) is 11.6 Å². The summed E-state index contributed by atoms with van der Waals surface area (Å²) in [5.74, 6) is -0.378. The maximum Gasteiger partial charge on any atom is 0.272 e.